The van der Waals surface area contributed by atoms with Crippen molar-refractivity contribution < 1.29 is 4.74 Å². The number of hydrogen-bond acceptors (Lipinski definition) is 5. The van der Waals surface area contributed by atoms with Crippen molar-refractivity contribution >= 4 is 39.4 Å². The third-order valence-corrected chi connectivity index (χ3v) is 5.69. The van der Waals surface area contributed by atoms with Crippen molar-refractivity contribution in [3.05, 3.63) is 59.6 Å². The molecule has 1 aliphatic heterocycles. The Bertz CT molecular complexity index is 1160. The molecule has 4 heterocycles. The number of nitrogens with zero attached hydrogens (tertiary/aromatic N) is 4. The van der Waals surface area contributed by atoms with Crippen molar-refractivity contribution in [1.29, 1.82) is 0 Å². The first-order valence-corrected chi connectivity index (χ1v) is 9.83. The number of anilines is 1. The fourth-order valence-corrected chi connectivity index (χ4v) is 4.13. The highest BCUT2D eigenvalue weighted by molar-refractivity contribution is 6.33. The van der Waals surface area contributed by atoms with Gasteiger partial charge < -0.3 is 15.0 Å². The molecule has 7 heteroatoms. The van der Waals surface area contributed by atoms with Crippen molar-refractivity contribution in [2.45, 2.75) is 38.0 Å². The monoisotopic (exact) mass is 393 g/mol. The first-order valence-electron chi connectivity index (χ1n) is 9.45. The van der Waals surface area contributed by atoms with Crippen LogP contribution in [0.25, 0.3) is 21.9 Å². The summed E-state index contributed by atoms with van der Waals surface area (Å²) in [6.07, 6.45) is 7.61. The van der Waals surface area contributed by atoms with E-state index in [2.05, 4.69) is 37.7 Å². The highest BCUT2D eigenvalue weighted by Crippen LogP contribution is 2.34. The van der Waals surface area contributed by atoms with E-state index in [1.807, 2.05) is 24.4 Å². The summed E-state index contributed by atoms with van der Waals surface area (Å²) < 4.78 is 8.37. The minimum atomic E-state index is -0.00784. The summed E-state index contributed by atoms with van der Waals surface area (Å²) in [6, 6.07) is 12.2. The Hall–Kier alpha value is -2.70. The zero-order chi connectivity index (χ0) is 19.1. The van der Waals surface area contributed by atoms with Gasteiger partial charge in [-0.3, -0.25) is 0 Å². The Morgan fingerprint density at radius 1 is 1.14 bits per heavy atom. The number of aryl methyl sites for hydroxylation is 1. The van der Waals surface area contributed by atoms with Gasteiger partial charge in [-0.1, -0.05) is 23.7 Å². The third-order valence-electron chi connectivity index (χ3n) is 5.39. The number of hydrogen-bond donors (Lipinski definition) is 1. The van der Waals surface area contributed by atoms with Gasteiger partial charge in [0.1, 0.15) is 29.2 Å². The molecule has 0 aliphatic carbocycles. The van der Waals surface area contributed by atoms with Crippen LogP contribution in [0.3, 0.4) is 0 Å². The van der Waals surface area contributed by atoms with Gasteiger partial charge in [-0.15, -0.1) is 0 Å². The van der Waals surface area contributed by atoms with Gasteiger partial charge in [0, 0.05) is 11.6 Å². The maximum atomic E-state index is 6.31. The van der Waals surface area contributed by atoms with Crippen LogP contribution in [0.4, 0.5) is 5.82 Å². The van der Waals surface area contributed by atoms with Crippen LogP contribution in [-0.2, 0) is 11.2 Å². The molecular weight excluding hydrogens is 374 g/mol. The number of benzene rings is 1. The van der Waals surface area contributed by atoms with Gasteiger partial charge in [0.2, 0.25) is 0 Å². The van der Waals surface area contributed by atoms with Crippen molar-refractivity contribution in [2.24, 2.45) is 0 Å². The lowest BCUT2D eigenvalue weighted by Gasteiger charge is -2.16. The maximum absolute atomic E-state index is 6.31. The maximum Gasteiger partial charge on any atom is 0.146 e. The minimum Gasteiger partial charge on any atom is -0.384 e. The Morgan fingerprint density at radius 3 is 2.96 bits per heavy atom. The largest absolute Gasteiger partial charge is 0.384 e. The predicted octanol–water partition coefficient (Wildman–Crippen LogP) is 4.53. The second kappa shape index (κ2) is 7.04. The molecule has 0 saturated carbocycles. The van der Waals surface area contributed by atoms with E-state index in [-0.39, 0.29) is 12.3 Å². The summed E-state index contributed by atoms with van der Waals surface area (Å²) >= 11 is 6.16. The molecule has 6 nitrogen and oxygen atoms in total. The lowest BCUT2D eigenvalue weighted by molar-refractivity contribution is 0.00120. The lowest BCUT2D eigenvalue weighted by Crippen LogP contribution is -2.12. The number of rotatable bonds is 4. The molecule has 0 radical (unpaired) electrons. The molecule has 2 unspecified atom stereocenters. The van der Waals surface area contributed by atoms with Crippen LogP contribution in [-0.4, -0.2) is 25.6 Å². The summed E-state index contributed by atoms with van der Waals surface area (Å²) in [4.78, 5) is 12.8. The van der Waals surface area contributed by atoms with Crippen LogP contribution in [0.15, 0.2) is 48.9 Å². The van der Waals surface area contributed by atoms with Crippen LogP contribution in [0, 0.1) is 0 Å². The number of nitrogen functional groups attached to an aromatic ring is 1. The summed E-state index contributed by atoms with van der Waals surface area (Å²) in [6.45, 7) is 0. The minimum absolute atomic E-state index is 0.00784. The van der Waals surface area contributed by atoms with Gasteiger partial charge in [-0.05, 0) is 55.5 Å². The Balaban J connectivity index is 1.27. The zero-order valence-electron chi connectivity index (χ0n) is 15.3. The molecule has 3 aromatic heterocycles. The number of pyridine rings is 1. The number of halogens is 1. The molecule has 1 fully saturated rings. The Labute approximate surface area is 167 Å². The molecule has 1 saturated heterocycles. The highest BCUT2D eigenvalue weighted by Gasteiger charge is 2.27. The van der Waals surface area contributed by atoms with Crippen molar-refractivity contribution in [3.63, 3.8) is 0 Å². The quantitative estimate of drug-likeness (QED) is 0.515. The van der Waals surface area contributed by atoms with Gasteiger partial charge >= 0.3 is 0 Å². The molecule has 1 aliphatic rings. The molecule has 28 heavy (non-hydrogen) atoms. The lowest BCUT2D eigenvalue weighted by atomic mass is 10.0. The van der Waals surface area contributed by atoms with E-state index in [1.54, 1.807) is 0 Å². The highest BCUT2D eigenvalue weighted by atomic mass is 35.5. The Kier molecular flexibility index (Phi) is 4.37. The number of aromatic nitrogens is 4. The van der Waals surface area contributed by atoms with Gasteiger partial charge in [-0.25, -0.2) is 15.0 Å². The van der Waals surface area contributed by atoms with Gasteiger partial charge in [0.25, 0.3) is 0 Å². The summed E-state index contributed by atoms with van der Waals surface area (Å²) in [5.41, 5.74) is 8.83. The molecular formula is C21H20ClN5O. The molecule has 4 aromatic rings. The average Bonchev–Trinajstić information content (AvgIpc) is 3.33. The zero-order valence-corrected chi connectivity index (χ0v) is 16.0. The van der Waals surface area contributed by atoms with Gasteiger partial charge in [0.05, 0.1) is 17.0 Å². The van der Waals surface area contributed by atoms with E-state index < -0.39 is 0 Å². The molecule has 2 N–H and O–H groups in total. The number of ether oxygens (including phenoxy) is 1. The number of fused-ring (bicyclic) bond motifs is 2. The Morgan fingerprint density at radius 2 is 2.04 bits per heavy atom. The first-order chi connectivity index (χ1) is 13.7. The standard InChI is InChI=1S/C21H20ClN5O/c22-20-16-9-10-27(21(16)25-12-24-20)19-8-6-15(28-19)5-2-13-1-3-14-4-7-18(23)26-17(14)11-13/h1,3-4,7,9-12,15,19H,2,5-6,8H2,(H2,23,26). The third kappa shape index (κ3) is 3.19. The topological polar surface area (TPSA) is 78.9 Å². The molecule has 1 aromatic carbocycles. The van der Waals surface area contributed by atoms with Crippen molar-refractivity contribution in [2.75, 3.05) is 5.73 Å². The molecule has 0 spiro atoms. The number of nitrogens with two attached hydrogens (primary N) is 1. The van der Waals surface area contributed by atoms with E-state index >= 15 is 0 Å². The van der Waals surface area contributed by atoms with E-state index in [4.69, 9.17) is 22.1 Å². The van der Waals surface area contributed by atoms with E-state index in [0.717, 1.165) is 47.6 Å². The van der Waals surface area contributed by atoms with Gasteiger partial charge in [0.15, 0.2) is 0 Å². The smallest absolute Gasteiger partial charge is 0.146 e. The van der Waals surface area contributed by atoms with E-state index in [9.17, 15) is 0 Å². The summed E-state index contributed by atoms with van der Waals surface area (Å²) in [5.74, 6) is 0.550. The summed E-state index contributed by atoms with van der Waals surface area (Å²) in [7, 11) is 0. The van der Waals surface area contributed by atoms with E-state index in [0.29, 0.717) is 11.0 Å². The molecule has 5 rings (SSSR count). The fraction of sp³-hybridized carbons (Fsp3) is 0.286. The SMILES string of the molecule is Nc1ccc2ccc(CCC3CCC(n4ccc5c(Cl)ncnc54)O3)cc2n1. The molecule has 2 atom stereocenters. The van der Waals surface area contributed by atoms with Crippen LogP contribution in [0.2, 0.25) is 5.15 Å². The second-order valence-electron chi connectivity index (χ2n) is 7.22. The average molecular weight is 394 g/mol. The predicted molar refractivity (Wildman–Crippen MR) is 110 cm³/mol. The molecule has 142 valence electrons. The van der Waals surface area contributed by atoms with Crippen molar-refractivity contribution in [1.82, 2.24) is 19.5 Å². The van der Waals surface area contributed by atoms with Crippen molar-refractivity contribution in [3.8, 4) is 0 Å². The van der Waals surface area contributed by atoms with E-state index in [1.165, 1.54) is 11.9 Å². The molecule has 0 bridgehead atoms. The second-order valence-corrected chi connectivity index (χ2v) is 7.57. The summed E-state index contributed by atoms with van der Waals surface area (Å²) in [5, 5.41) is 2.44. The first kappa shape index (κ1) is 17.4. The molecule has 0 amide bonds. The van der Waals surface area contributed by atoms with Crippen LogP contribution < -0.4 is 5.73 Å². The fourth-order valence-electron chi connectivity index (χ4n) is 3.94. The van der Waals surface area contributed by atoms with Crippen LogP contribution in [0.1, 0.15) is 31.1 Å². The normalized spacial score (nSPS) is 19.6. The van der Waals surface area contributed by atoms with Crippen LogP contribution in [0.5, 0.6) is 0 Å². The van der Waals surface area contributed by atoms with Crippen LogP contribution >= 0.6 is 11.6 Å². The van der Waals surface area contributed by atoms with Gasteiger partial charge in [-0.2, -0.15) is 0 Å².